The third-order valence-corrected chi connectivity index (χ3v) is 6.76. The average Bonchev–Trinajstić information content (AvgIpc) is 2.91. The number of carbonyl (C=O) groups excluding carboxylic acids is 1. The molecule has 0 aliphatic heterocycles. The maximum Gasteiger partial charge on any atom is 0.266 e. The number of amides is 1. The van der Waals surface area contributed by atoms with Crippen molar-refractivity contribution in [1.82, 2.24) is 14.5 Å². The van der Waals surface area contributed by atoms with Gasteiger partial charge in [-0.3, -0.25) is 14.2 Å². The van der Waals surface area contributed by atoms with E-state index >= 15 is 0 Å². The Kier molecular flexibility index (Phi) is 8.17. The molecule has 0 N–H and O–H groups in total. The van der Waals surface area contributed by atoms with Gasteiger partial charge in [-0.25, -0.2) is 9.37 Å². The maximum atomic E-state index is 13.9. The Balaban J connectivity index is 1.92. The zero-order chi connectivity index (χ0) is 26.5. The van der Waals surface area contributed by atoms with Crippen molar-refractivity contribution in [3.05, 3.63) is 106 Å². The van der Waals surface area contributed by atoms with Crippen LogP contribution in [0.4, 0.5) is 4.39 Å². The third kappa shape index (κ3) is 5.63. The normalized spacial score (nSPS) is 12.2. The van der Waals surface area contributed by atoms with E-state index in [4.69, 9.17) is 4.98 Å². The Morgan fingerprint density at radius 2 is 1.65 bits per heavy atom. The number of hydrogen-bond acceptors (Lipinski definition) is 3. The number of para-hydroxylation sites is 1. The summed E-state index contributed by atoms with van der Waals surface area (Å²) >= 11 is 0. The van der Waals surface area contributed by atoms with Crippen molar-refractivity contribution in [2.24, 2.45) is 5.92 Å². The van der Waals surface area contributed by atoms with Gasteiger partial charge in [-0.2, -0.15) is 0 Å². The number of nitrogens with zero attached hydrogens (tertiary/aromatic N) is 3. The summed E-state index contributed by atoms with van der Waals surface area (Å²) in [6.45, 7) is 8.80. The fourth-order valence-corrected chi connectivity index (χ4v) is 4.60. The van der Waals surface area contributed by atoms with Crippen LogP contribution in [0.15, 0.2) is 77.6 Å². The second-order valence-electron chi connectivity index (χ2n) is 9.76. The van der Waals surface area contributed by atoms with Crippen LogP contribution in [0, 0.1) is 11.7 Å². The molecule has 1 heterocycles. The molecule has 0 aliphatic rings. The van der Waals surface area contributed by atoms with Gasteiger partial charge in [0, 0.05) is 12.1 Å². The molecule has 0 saturated carbocycles. The molecule has 0 bridgehead atoms. The van der Waals surface area contributed by atoms with E-state index in [-0.39, 0.29) is 11.5 Å². The molecular weight excluding hydrogens is 465 g/mol. The lowest BCUT2D eigenvalue weighted by Crippen LogP contribution is -2.39. The monoisotopic (exact) mass is 499 g/mol. The van der Waals surface area contributed by atoms with Gasteiger partial charge < -0.3 is 4.90 Å². The van der Waals surface area contributed by atoms with Crippen LogP contribution in [-0.4, -0.2) is 26.9 Å². The van der Waals surface area contributed by atoms with Crippen molar-refractivity contribution in [3.8, 4) is 5.69 Å². The van der Waals surface area contributed by atoms with Crippen molar-refractivity contribution in [3.63, 3.8) is 0 Å². The Morgan fingerprint density at radius 1 is 0.973 bits per heavy atom. The van der Waals surface area contributed by atoms with Gasteiger partial charge in [0.1, 0.15) is 11.6 Å². The minimum atomic E-state index is -0.459. The standard InChI is InChI=1S/C31H34FN3O2/c1-5-22-11-17-25(18-12-22)35-29(33-27-10-8-7-9-26(27)31(35)37)28(6-2)34(20-19-21(3)4)30(36)23-13-15-24(32)16-14-23/h7-18,21,28H,5-6,19-20H2,1-4H3. The predicted molar refractivity (Wildman–Crippen MR) is 147 cm³/mol. The summed E-state index contributed by atoms with van der Waals surface area (Å²) in [5, 5.41) is 0.527. The van der Waals surface area contributed by atoms with Crippen molar-refractivity contribution < 1.29 is 9.18 Å². The topological polar surface area (TPSA) is 55.2 Å². The number of aryl methyl sites for hydroxylation is 1. The molecule has 1 amide bonds. The molecule has 0 radical (unpaired) electrons. The first kappa shape index (κ1) is 26.3. The van der Waals surface area contributed by atoms with Crippen LogP contribution in [0.25, 0.3) is 16.6 Å². The summed E-state index contributed by atoms with van der Waals surface area (Å²) < 4.78 is 15.3. The number of halogens is 1. The molecular formula is C31H34FN3O2. The summed E-state index contributed by atoms with van der Waals surface area (Å²) in [6, 6.07) is 20.4. The molecule has 5 nitrogen and oxygen atoms in total. The lowest BCUT2D eigenvalue weighted by molar-refractivity contribution is 0.0648. The van der Waals surface area contributed by atoms with E-state index in [0.29, 0.717) is 46.9 Å². The molecule has 1 atom stereocenters. The van der Waals surface area contributed by atoms with Gasteiger partial charge in [0.15, 0.2) is 0 Å². The fraction of sp³-hybridized carbons (Fsp3) is 0.323. The number of rotatable bonds is 9. The molecule has 37 heavy (non-hydrogen) atoms. The first-order valence-corrected chi connectivity index (χ1v) is 13.0. The zero-order valence-corrected chi connectivity index (χ0v) is 21.9. The first-order chi connectivity index (χ1) is 17.8. The van der Waals surface area contributed by atoms with Crippen molar-refractivity contribution in [2.45, 2.75) is 53.0 Å². The lowest BCUT2D eigenvalue weighted by Gasteiger charge is -2.33. The smallest absolute Gasteiger partial charge is 0.266 e. The predicted octanol–water partition coefficient (Wildman–Crippen LogP) is 6.73. The van der Waals surface area contributed by atoms with Gasteiger partial charge in [0.2, 0.25) is 0 Å². The van der Waals surface area contributed by atoms with Gasteiger partial charge in [-0.05, 0) is 79.3 Å². The van der Waals surface area contributed by atoms with Gasteiger partial charge in [-0.15, -0.1) is 0 Å². The number of hydrogen-bond donors (Lipinski definition) is 0. The van der Waals surface area contributed by atoms with Gasteiger partial charge in [0.05, 0.1) is 22.6 Å². The van der Waals surface area contributed by atoms with Crippen molar-refractivity contribution in [2.75, 3.05) is 6.54 Å². The summed E-state index contributed by atoms with van der Waals surface area (Å²) in [4.78, 5) is 34.4. The SMILES string of the molecule is CCc1ccc(-n2c(C(CC)N(CCC(C)C)C(=O)c3ccc(F)cc3)nc3ccccc3c2=O)cc1. The van der Waals surface area contributed by atoms with E-state index in [1.54, 1.807) is 15.5 Å². The van der Waals surface area contributed by atoms with E-state index in [1.165, 1.54) is 29.8 Å². The molecule has 1 aromatic heterocycles. The Labute approximate surface area is 217 Å². The average molecular weight is 500 g/mol. The molecule has 0 aliphatic carbocycles. The van der Waals surface area contributed by atoms with Crippen LogP contribution in [0.3, 0.4) is 0 Å². The number of aromatic nitrogens is 2. The molecule has 4 rings (SSSR count). The fourth-order valence-electron chi connectivity index (χ4n) is 4.60. The third-order valence-electron chi connectivity index (χ3n) is 6.76. The van der Waals surface area contributed by atoms with Gasteiger partial charge in [0.25, 0.3) is 11.5 Å². The van der Waals surface area contributed by atoms with E-state index in [0.717, 1.165) is 12.8 Å². The highest BCUT2D eigenvalue weighted by Gasteiger charge is 2.30. The van der Waals surface area contributed by atoms with Crippen LogP contribution in [-0.2, 0) is 6.42 Å². The Bertz CT molecular complexity index is 1430. The van der Waals surface area contributed by atoms with E-state index in [9.17, 15) is 14.0 Å². The summed E-state index contributed by atoms with van der Waals surface area (Å²) in [7, 11) is 0. The van der Waals surface area contributed by atoms with Crippen LogP contribution in [0.2, 0.25) is 0 Å². The summed E-state index contributed by atoms with van der Waals surface area (Å²) in [5.74, 6) is 0.296. The molecule has 0 saturated heterocycles. The van der Waals surface area contributed by atoms with Crippen molar-refractivity contribution in [1.29, 1.82) is 0 Å². The molecule has 1 unspecified atom stereocenters. The van der Waals surface area contributed by atoms with Gasteiger partial charge >= 0.3 is 0 Å². The van der Waals surface area contributed by atoms with Crippen molar-refractivity contribution >= 4 is 16.8 Å². The minimum absolute atomic E-state index is 0.165. The number of fused-ring (bicyclic) bond motifs is 1. The molecule has 6 heteroatoms. The van der Waals surface area contributed by atoms with Crippen LogP contribution in [0.5, 0.6) is 0 Å². The zero-order valence-electron chi connectivity index (χ0n) is 21.9. The molecule has 0 fully saturated rings. The molecule has 3 aromatic carbocycles. The quantitative estimate of drug-likeness (QED) is 0.257. The second kappa shape index (κ2) is 11.5. The molecule has 4 aromatic rings. The van der Waals surface area contributed by atoms with E-state index in [1.807, 2.05) is 49.4 Å². The van der Waals surface area contributed by atoms with Crippen LogP contribution >= 0.6 is 0 Å². The Morgan fingerprint density at radius 3 is 2.27 bits per heavy atom. The van der Waals surface area contributed by atoms with Gasteiger partial charge in [-0.1, -0.05) is 52.0 Å². The second-order valence-corrected chi connectivity index (χ2v) is 9.76. The highest BCUT2D eigenvalue weighted by molar-refractivity contribution is 5.94. The maximum absolute atomic E-state index is 13.9. The first-order valence-electron chi connectivity index (χ1n) is 13.0. The minimum Gasteiger partial charge on any atom is -0.328 e. The molecule has 192 valence electrons. The molecule has 0 spiro atoms. The number of benzene rings is 3. The Hall–Kier alpha value is -3.80. The van der Waals surface area contributed by atoms with E-state index < -0.39 is 11.9 Å². The number of carbonyl (C=O) groups is 1. The van der Waals surface area contributed by atoms with Crippen LogP contribution in [0.1, 0.15) is 68.3 Å². The van der Waals surface area contributed by atoms with E-state index in [2.05, 4.69) is 20.8 Å². The highest BCUT2D eigenvalue weighted by atomic mass is 19.1. The largest absolute Gasteiger partial charge is 0.328 e. The highest BCUT2D eigenvalue weighted by Crippen LogP contribution is 2.28. The summed E-state index contributed by atoms with van der Waals surface area (Å²) in [5.41, 5.74) is 2.73. The van der Waals surface area contributed by atoms with Crippen LogP contribution < -0.4 is 5.56 Å². The summed E-state index contributed by atoms with van der Waals surface area (Å²) in [6.07, 6.45) is 2.24. The lowest BCUT2D eigenvalue weighted by atomic mass is 10.0.